The number of nitrogens with zero attached hydrogens (tertiary/aromatic N) is 2. The van der Waals surface area contributed by atoms with Crippen LogP contribution in [-0.4, -0.2) is 27.5 Å². The molecule has 2 heterocycles. The van der Waals surface area contributed by atoms with Crippen molar-refractivity contribution in [3.8, 4) is 11.6 Å². The summed E-state index contributed by atoms with van der Waals surface area (Å²) in [5.74, 6) is 0.279. The van der Waals surface area contributed by atoms with Crippen LogP contribution in [0.3, 0.4) is 0 Å². The second-order valence-corrected chi connectivity index (χ2v) is 5.54. The van der Waals surface area contributed by atoms with E-state index in [1.807, 2.05) is 24.3 Å². The number of benzene rings is 1. The highest BCUT2D eigenvalue weighted by molar-refractivity contribution is 6.03. The second-order valence-electron chi connectivity index (χ2n) is 5.54. The van der Waals surface area contributed by atoms with Crippen LogP contribution < -0.4 is 21.4 Å². The Labute approximate surface area is 143 Å². The Morgan fingerprint density at radius 3 is 2.92 bits per heavy atom. The van der Waals surface area contributed by atoms with Crippen molar-refractivity contribution in [1.29, 1.82) is 0 Å². The van der Waals surface area contributed by atoms with Crippen molar-refractivity contribution in [2.24, 2.45) is 5.10 Å². The fraction of sp³-hybridized carbons (Fsp3) is 0.235. The van der Waals surface area contributed by atoms with Crippen LogP contribution in [0, 0.1) is 0 Å². The van der Waals surface area contributed by atoms with Crippen LogP contribution in [0.4, 0.5) is 0 Å². The SMILES string of the molecule is C=CCn1c(O)c(C2=NNC(c3ccccc3OC)C2)c(=O)[nH]c1=O. The lowest BCUT2D eigenvalue weighted by Crippen LogP contribution is -2.33. The van der Waals surface area contributed by atoms with Gasteiger partial charge in [-0.25, -0.2) is 4.79 Å². The number of aromatic hydroxyl groups is 1. The van der Waals surface area contributed by atoms with E-state index >= 15 is 0 Å². The van der Waals surface area contributed by atoms with Crippen LogP contribution in [0.5, 0.6) is 11.6 Å². The fourth-order valence-corrected chi connectivity index (χ4v) is 2.85. The van der Waals surface area contributed by atoms with Crippen molar-refractivity contribution < 1.29 is 9.84 Å². The molecule has 3 rings (SSSR count). The van der Waals surface area contributed by atoms with Crippen LogP contribution in [-0.2, 0) is 6.54 Å². The quantitative estimate of drug-likeness (QED) is 0.699. The van der Waals surface area contributed by atoms with Gasteiger partial charge in [0.25, 0.3) is 5.56 Å². The molecule has 1 aromatic heterocycles. The zero-order chi connectivity index (χ0) is 18.0. The molecule has 0 bridgehead atoms. The van der Waals surface area contributed by atoms with E-state index in [1.54, 1.807) is 7.11 Å². The van der Waals surface area contributed by atoms with Gasteiger partial charge < -0.3 is 15.3 Å². The number of ether oxygens (including phenoxy) is 1. The van der Waals surface area contributed by atoms with Gasteiger partial charge in [-0.3, -0.25) is 14.3 Å². The number of hydrogen-bond acceptors (Lipinski definition) is 6. The predicted molar refractivity (Wildman–Crippen MR) is 93.2 cm³/mol. The van der Waals surface area contributed by atoms with Gasteiger partial charge in [0.15, 0.2) is 0 Å². The number of methoxy groups -OCH3 is 1. The summed E-state index contributed by atoms with van der Waals surface area (Å²) in [6.07, 6.45) is 1.82. The summed E-state index contributed by atoms with van der Waals surface area (Å²) < 4.78 is 6.38. The van der Waals surface area contributed by atoms with Gasteiger partial charge in [-0.2, -0.15) is 5.10 Å². The van der Waals surface area contributed by atoms with Crippen molar-refractivity contribution in [2.45, 2.75) is 19.0 Å². The van der Waals surface area contributed by atoms with Gasteiger partial charge in [0.05, 0.1) is 18.9 Å². The molecule has 0 spiro atoms. The Kier molecular flexibility index (Phi) is 4.42. The average Bonchev–Trinajstić information content (AvgIpc) is 3.07. The number of nitrogens with one attached hydrogen (secondary N) is 2. The largest absolute Gasteiger partial charge is 0.496 e. The molecule has 1 atom stereocenters. The lowest BCUT2D eigenvalue weighted by Gasteiger charge is -2.14. The first-order chi connectivity index (χ1) is 12.1. The van der Waals surface area contributed by atoms with E-state index in [2.05, 4.69) is 22.1 Å². The van der Waals surface area contributed by atoms with Crippen molar-refractivity contribution in [3.05, 3.63) is 68.9 Å². The van der Waals surface area contributed by atoms with Gasteiger partial charge in [0, 0.05) is 18.5 Å². The fourth-order valence-electron chi connectivity index (χ4n) is 2.85. The van der Waals surface area contributed by atoms with E-state index in [0.717, 1.165) is 10.1 Å². The summed E-state index contributed by atoms with van der Waals surface area (Å²) >= 11 is 0. The summed E-state index contributed by atoms with van der Waals surface area (Å²) in [4.78, 5) is 26.2. The van der Waals surface area contributed by atoms with Gasteiger partial charge >= 0.3 is 5.69 Å². The lowest BCUT2D eigenvalue weighted by molar-refractivity contribution is 0.402. The third-order valence-electron chi connectivity index (χ3n) is 4.04. The summed E-state index contributed by atoms with van der Waals surface area (Å²) in [6, 6.07) is 7.28. The van der Waals surface area contributed by atoms with E-state index in [4.69, 9.17) is 4.74 Å². The Bertz CT molecular complexity index is 958. The maximum Gasteiger partial charge on any atom is 0.331 e. The molecular weight excluding hydrogens is 324 g/mol. The maximum atomic E-state index is 12.2. The topological polar surface area (TPSA) is 109 Å². The zero-order valence-corrected chi connectivity index (χ0v) is 13.7. The maximum absolute atomic E-state index is 12.2. The highest BCUT2D eigenvalue weighted by Gasteiger charge is 2.28. The van der Waals surface area contributed by atoms with Crippen molar-refractivity contribution in [2.75, 3.05) is 7.11 Å². The summed E-state index contributed by atoms with van der Waals surface area (Å²) in [5.41, 5.74) is 2.82. The van der Waals surface area contributed by atoms with E-state index in [0.29, 0.717) is 17.9 Å². The first-order valence-electron chi connectivity index (χ1n) is 7.69. The molecule has 0 amide bonds. The van der Waals surface area contributed by atoms with Crippen molar-refractivity contribution >= 4 is 5.71 Å². The Hall–Kier alpha value is -3.29. The van der Waals surface area contributed by atoms with Crippen LogP contribution in [0.15, 0.2) is 51.6 Å². The van der Waals surface area contributed by atoms with Gasteiger partial charge in [-0.05, 0) is 6.07 Å². The van der Waals surface area contributed by atoms with Crippen LogP contribution in [0.1, 0.15) is 23.6 Å². The first-order valence-corrected chi connectivity index (χ1v) is 7.69. The summed E-state index contributed by atoms with van der Waals surface area (Å²) in [6.45, 7) is 3.61. The number of rotatable bonds is 5. The van der Waals surface area contributed by atoms with Gasteiger partial charge in [-0.15, -0.1) is 6.58 Å². The molecule has 1 aliphatic heterocycles. The Morgan fingerprint density at radius 1 is 1.44 bits per heavy atom. The minimum Gasteiger partial charge on any atom is -0.496 e. The molecule has 1 unspecified atom stereocenters. The minimum atomic E-state index is -0.695. The molecule has 0 aliphatic carbocycles. The summed E-state index contributed by atoms with van der Waals surface area (Å²) in [7, 11) is 1.58. The second kappa shape index (κ2) is 6.68. The number of hydrogen-bond donors (Lipinski definition) is 3. The number of hydrazone groups is 1. The zero-order valence-electron chi connectivity index (χ0n) is 13.7. The molecule has 2 aromatic rings. The number of aromatic nitrogens is 2. The van der Waals surface area contributed by atoms with E-state index in [1.165, 1.54) is 6.08 Å². The highest BCUT2D eigenvalue weighted by Crippen LogP contribution is 2.31. The van der Waals surface area contributed by atoms with E-state index in [9.17, 15) is 14.7 Å². The third kappa shape index (κ3) is 2.93. The highest BCUT2D eigenvalue weighted by atomic mass is 16.5. The van der Waals surface area contributed by atoms with Crippen molar-refractivity contribution in [3.63, 3.8) is 0 Å². The molecule has 0 saturated heterocycles. The number of H-pyrrole nitrogens is 1. The summed E-state index contributed by atoms with van der Waals surface area (Å²) in [5, 5.41) is 14.5. The molecule has 130 valence electrons. The molecule has 8 nitrogen and oxygen atoms in total. The van der Waals surface area contributed by atoms with Crippen molar-refractivity contribution in [1.82, 2.24) is 15.0 Å². The van der Waals surface area contributed by atoms with Gasteiger partial charge in [0.2, 0.25) is 5.88 Å². The number of allylic oxidation sites excluding steroid dienone is 1. The first kappa shape index (κ1) is 16.6. The normalized spacial score (nSPS) is 16.2. The predicted octanol–water partition coefficient (Wildman–Crippen LogP) is 0.875. The van der Waals surface area contributed by atoms with E-state index < -0.39 is 17.1 Å². The monoisotopic (exact) mass is 342 g/mol. The molecule has 0 saturated carbocycles. The van der Waals surface area contributed by atoms with Crippen LogP contribution in [0.25, 0.3) is 0 Å². The van der Waals surface area contributed by atoms with Crippen LogP contribution in [0.2, 0.25) is 0 Å². The molecule has 1 aliphatic rings. The number of para-hydroxylation sites is 1. The standard InChI is InChI=1S/C17H18N4O4/c1-3-8-21-16(23)14(15(22)18-17(21)24)12-9-11(19-20-12)10-6-4-5-7-13(10)25-2/h3-7,11,19,23H,1,8-9H2,2H3,(H,18,22,24). The average molecular weight is 342 g/mol. The molecule has 1 aromatic carbocycles. The molecular formula is C17H18N4O4. The molecule has 0 fully saturated rings. The van der Waals surface area contributed by atoms with Gasteiger partial charge in [-0.1, -0.05) is 24.3 Å². The Morgan fingerprint density at radius 2 is 2.20 bits per heavy atom. The molecule has 25 heavy (non-hydrogen) atoms. The molecule has 8 heteroatoms. The van der Waals surface area contributed by atoms with Crippen LogP contribution >= 0.6 is 0 Å². The lowest BCUT2D eigenvalue weighted by atomic mass is 9.99. The van der Waals surface area contributed by atoms with Gasteiger partial charge in [0.1, 0.15) is 11.3 Å². The molecule has 0 radical (unpaired) electrons. The molecule has 3 N–H and O–H groups in total. The smallest absolute Gasteiger partial charge is 0.331 e. The Balaban J connectivity index is 1.97. The van der Waals surface area contributed by atoms with E-state index in [-0.39, 0.29) is 18.2 Å². The third-order valence-corrected chi connectivity index (χ3v) is 4.04. The minimum absolute atomic E-state index is 0.0219. The number of aromatic amines is 1.